The van der Waals surface area contributed by atoms with Crippen LogP contribution in [-0.2, 0) is 4.79 Å². The maximum absolute atomic E-state index is 11.6. The van der Waals surface area contributed by atoms with Crippen molar-refractivity contribution in [2.75, 3.05) is 46.3 Å². The predicted octanol–water partition coefficient (Wildman–Crippen LogP) is -0.735. The van der Waals surface area contributed by atoms with Gasteiger partial charge in [0.15, 0.2) is 0 Å². The van der Waals surface area contributed by atoms with Gasteiger partial charge in [0.1, 0.15) is 0 Å². The Morgan fingerprint density at radius 1 is 1.25 bits per heavy atom. The highest BCUT2D eigenvalue weighted by atomic mass is 16.2. The fraction of sp³-hybridized carbons (Fsp3) is 0.909. The second kappa shape index (κ2) is 5.61. The van der Waals surface area contributed by atoms with Crippen molar-refractivity contribution in [1.29, 1.82) is 0 Å². The third-order valence-electron chi connectivity index (χ3n) is 3.20. The third-order valence-corrected chi connectivity index (χ3v) is 3.20. The molecule has 92 valence electrons. The maximum atomic E-state index is 11.6. The minimum atomic E-state index is 0.0882. The number of hydrogen-bond donors (Lipinski definition) is 2. The van der Waals surface area contributed by atoms with Crippen LogP contribution in [0.4, 0.5) is 0 Å². The lowest BCUT2D eigenvalue weighted by atomic mass is 10.4. The summed E-state index contributed by atoms with van der Waals surface area (Å²) >= 11 is 0. The average molecular weight is 226 g/mol. The lowest BCUT2D eigenvalue weighted by Gasteiger charge is -2.32. The van der Waals surface area contributed by atoms with Gasteiger partial charge in [-0.1, -0.05) is 0 Å². The molecule has 1 saturated heterocycles. The van der Waals surface area contributed by atoms with E-state index >= 15 is 0 Å². The molecule has 2 aliphatic rings. The van der Waals surface area contributed by atoms with Gasteiger partial charge in [-0.3, -0.25) is 10.2 Å². The molecule has 1 amide bonds. The van der Waals surface area contributed by atoms with Crippen LogP contribution in [0.2, 0.25) is 0 Å². The van der Waals surface area contributed by atoms with E-state index in [-0.39, 0.29) is 5.91 Å². The minimum Gasteiger partial charge on any atom is -0.308 e. The molecular formula is C11H22N4O. The standard InChI is InChI=1S/C11H22N4O/c1-14-4-6-15(7-5-14)13-11(16)9-12-8-10-2-3-10/h10,12H,2-9H2,1H3,(H,13,16). The number of amides is 1. The van der Waals surface area contributed by atoms with Crippen LogP contribution in [0.15, 0.2) is 0 Å². The fourth-order valence-electron chi connectivity index (χ4n) is 1.85. The first-order chi connectivity index (χ1) is 7.74. The summed E-state index contributed by atoms with van der Waals surface area (Å²) in [7, 11) is 2.11. The molecule has 5 nitrogen and oxygen atoms in total. The van der Waals surface area contributed by atoms with Gasteiger partial charge in [-0.15, -0.1) is 0 Å². The fourth-order valence-corrected chi connectivity index (χ4v) is 1.85. The van der Waals surface area contributed by atoms with Gasteiger partial charge in [0.25, 0.3) is 0 Å². The van der Waals surface area contributed by atoms with Crippen molar-refractivity contribution < 1.29 is 4.79 Å². The first kappa shape index (κ1) is 11.8. The minimum absolute atomic E-state index is 0.0882. The van der Waals surface area contributed by atoms with Crippen molar-refractivity contribution in [1.82, 2.24) is 20.7 Å². The van der Waals surface area contributed by atoms with Crippen LogP contribution in [0.3, 0.4) is 0 Å². The monoisotopic (exact) mass is 226 g/mol. The summed E-state index contributed by atoms with van der Waals surface area (Å²) in [6.07, 6.45) is 2.65. The van der Waals surface area contributed by atoms with Gasteiger partial charge in [-0.25, -0.2) is 5.01 Å². The van der Waals surface area contributed by atoms with Crippen LogP contribution in [0.1, 0.15) is 12.8 Å². The largest absolute Gasteiger partial charge is 0.308 e. The third kappa shape index (κ3) is 4.08. The Hall–Kier alpha value is -0.650. The van der Waals surface area contributed by atoms with Gasteiger partial charge < -0.3 is 10.2 Å². The molecule has 0 aromatic rings. The Balaban J connectivity index is 1.55. The summed E-state index contributed by atoms with van der Waals surface area (Å²) in [6, 6.07) is 0. The predicted molar refractivity (Wildman–Crippen MR) is 62.8 cm³/mol. The van der Waals surface area contributed by atoms with Crippen molar-refractivity contribution in [3.8, 4) is 0 Å². The van der Waals surface area contributed by atoms with Gasteiger partial charge >= 0.3 is 0 Å². The molecule has 0 aromatic carbocycles. The normalized spacial score (nSPS) is 23.3. The summed E-state index contributed by atoms with van der Waals surface area (Å²) < 4.78 is 0. The van der Waals surface area contributed by atoms with E-state index < -0.39 is 0 Å². The van der Waals surface area contributed by atoms with E-state index in [2.05, 4.69) is 22.7 Å². The highest BCUT2D eigenvalue weighted by Crippen LogP contribution is 2.27. The first-order valence-electron chi connectivity index (χ1n) is 6.18. The zero-order valence-electron chi connectivity index (χ0n) is 10.0. The highest BCUT2D eigenvalue weighted by molar-refractivity contribution is 5.77. The number of hydrazine groups is 1. The molecule has 0 aromatic heterocycles. The van der Waals surface area contributed by atoms with Gasteiger partial charge in [0, 0.05) is 26.2 Å². The summed E-state index contributed by atoms with van der Waals surface area (Å²) in [4.78, 5) is 13.8. The van der Waals surface area contributed by atoms with E-state index in [4.69, 9.17) is 0 Å². The molecule has 0 atom stereocenters. The topological polar surface area (TPSA) is 47.6 Å². The first-order valence-corrected chi connectivity index (χ1v) is 6.18. The summed E-state index contributed by atoms with van der Waals surface area (Å²) in [5.41, 5.74) is 2.94. The van der Waals surface area contributed by atoms with E-state index in [9.17, 15) is 4.79 Å². The van der Waals surface area contributed by atoms with E-state index in [1.807, 2.05) is 5.01 Å². The Morgan fingerprint density at radius 3 is 2.56 bits per heavy atom. The second-order valence-electron chi connectivity index (χ2n) is 4.90. The van der Waals surface area contributed by atoms with Crippen LogP contribution in [-0.4, -0.2) is 62.1 Å². The van der Waals surface area contributed by atoms with Crippen molar-refractivity contribution in [3.63, 3.8) is 0 Å². The Kier molecular flexibility index (Phi) is 4.15. The zero-order valence-corrected chi connectivity index (χ0v) is 10.0. The number of nitrogens with zero attached hydrogens (tertiary/aromatic N) is 2. The molecule has 5 heteroatoms. The van der Waals surface area contributed by atoms with Gasteiger partial charge in [0.05, 0.1) is 6.54 Å². The van der Waals surface area contributed by atoms with Crippen LogP contribution < -0.4 is 10.7 Å². The summed E-state index contributed by atoms with van der Waals surface area (Å²) in [5.74, 6) is 0.918. The number of rotatable bonds is 5. The van der Waals surface area contributed by atoms with Crippen LogP contribution >= 0.6 is 0 Å². The number of piperazine rings is 1. The molecule has 0 bridgehead atoms. The number of carbonyl (C=O) groups excluding carboxylic acids is 1. The van der Waals surface area contributed by atoms with E-state index in [0.717, 1.165) is 38.6 Å². The van der Waals surface area contributed by atoms with E-state index in [1.165, 1.54) is 12.8 Å². The highest BCUT2D eigenvalue weighted by Gasteiger charge is 2.21. The zero-order chi connectivity index (χ0) is 11.4. The van der Waals surface area contributed by atoms with Gasteiger partial charge in [-0.05, 0) is 32.4 Å². The van der Waals surface area contributed by atoms with Crippen molar-refractivity contribution in [2.45, 2.75) is 12.8 Å². The molecule has 1 aliphatic carbocycles. The smallest absolute Gasteiger partial charge is 0.248 e. The Labute approximate surface area is 97.1 Å². The molecule has 16 heavy (non-hydrogen) atoms. The SMILES string of the molecule is CN1CCN(NC(=O)CNCC2CC2)CC1. The van der Waals surface area contributed by atoms with E-state index in [1.54, 1.807) is 0 Å². The van der Waals surface area contributed by atoms with Crippen molar-refractivity contribution >= 4 is 5.91 Å². The van der Waals surface area contributed by atoms with E-state index in [0.29, 0.717) is 6.54 Å². The van der Waals surface area contributed by atoms with Gasteiger partial charge in [-0.2, -0.15) is 0 Å². The number of hydrogen-bond acceptors (Lipinski definition) is 4. The molecule has 1 heterocycles. The number of carbonyl (C=O) groups is 1. The second-order valence-corrected chi connectivity index (χ2v) is 4.90. The molecule has 1 saturated carbocycles. The van der Waals surface area contributed by atoms with Crippen molar-refractivity contribution in [3.05, 3.63) is 0 Å². The molecule has 0 unspecified atom stereocenters. The molecule has 2 N–H and O–H groups in total. The quantitative estimate of drug-likeness (QED) is 0.648. The summed E-state index contributed by atoms with van der Waals surface area (Å²) in [5, 5.41) is 5.21. The van der Waals surface area contributed by atoms with Crippen LogP contribution in [0.5, 0.6) is 0 Å². The molecule has 2 rings (SSSR count). The lowest BCUT2D eigenvalue weighted by Crippen LogP contribution is -2.54. The van der Waals surface area contributed by atoms with Crippen LogP contribution in [0.25, 0.3) is 0 Å². The molecule has 0 radical (unpaired) electrons. The molecule has 1 aliphatic heterocycles. The Bertz CT molecular complexity index is 234. The number of likely N-dealkylation sites (N-methyl/N-ethyl adjacent to an activating group) is 1. The maximum Gasteiger partial charge on any atom is 0.248 e. The lowest BCUT2D eigenvalue weighted by molar-refractivity contribution is -0.125. The summed E-state index contributed by atoms with van der Waals surface area (Å²) in [6.45, 7) is 5.33. The Morgan fingerprint density at radius 2 is 1.94 bits per heavy atom. The van der Waals surface area contributed by atoms with Gasteiger partial charge in [0.2, 0.25) is 5.91 Å². The number of nitrogens with one attached hydrogen (secondary N) is 2. The molecule has 0 spiro atoms. The van der Waals surface area contributed by atoms with Crippen LogP contribution in [0, 0.1) is 5.92 Å². The molecule has 2 fully saturated rings. The van der Waals surface area contributed by atoms with Crippen molar-refractivity contribution in [2.24, 2.45) is 5.92 Å². The average Bonchev–Trinajstić information content (AvgIpc) is 3.05. The molecular weight excluding hydrogens is 204 g/mol.